The van der Waals surface area contributed by atoms with Crippen molar-refractivity contribution in [2.75, 3.05) is 0 Å². The average molecular weight is 375 g/mol. The van der Waals surface area contributed by atoms with Gasteiger partial charge in [0, 0.05) is 29.5 Å². The fraction of sp³-hybridized carbons (Fsp3) is 0.462. The van der Waals surface area contributed by atoms with Crippen LogP contribution >= 0.6 is 0 Å². The highest BCUT2D eigenvalue weighted by molar-refractivity contribution is 5.92. The van der Waals surface area contributed by atoms with Gasteiger partial charge in [-0.3, -0.25) is 4.90 Å². The number of H-pyrrole nitrogens is 1. The summed E-state index contributed by atoms with van der Waals surface area (Å²) in [6.45, 7) is 10.3. The van der Waals surface area contributed by atoms with Crippen LogP contribution in [0.15, 0.2) is 42.5 Å². The highest BCUT2D eigenvalue weighted by Crippen LogP contribution is 2.35. The van der Waals surface area contributed by atoms with Crippen molar-refractivity contribution in [1.82, 2.24) is 9.88 Å². The Bertz CT molecular complexity index is 925. The zero-order valence-electron chi connectivity index (χ0n) is 17.9. The Morgan fingerprint density at radius 1 is 1.00 bits per heavy atom. The first-order valence-corrected chi connectivity index (χ1v) is 11.0. The molecule has 1 fully saturated rings. The third-order valence-electron chi connectivity index (χ3n) is 6.65. The van der Waals surface area contributed by atoms with Crippen LogP contribution in [-0.4, -0.2) is 22.0 Å². The van der Waals surface area contributed by atoms with E-state index in [1.165, 1.54) is 64.5 Å². The molecule has 1 aliphatic heterocycles. The Morgan fingerprint density at radius 3 is 2.39 bits per heavy atom. The molecule has 1 aromatic heterocycles. The van der Waals surface area contributed by atoms with Crippen molar-refractivity contribution in [2.24, 2.45) is 0 Å². The maximum absolute atomic E-state index is 3.79. The van der Waals surface area contributed by atoms with Crippen molar-refractivity contribution in [3.8, 4) is 11.3 Å². The largest absolute Gasteiger partial charge is 0.354 e. The van der Waals surface area contributed by atoms with E-state index in [1.54, 1.807) is 0 Å². The molecule has 2 atom stereocenters. The molecule has 0 unspecified atom stereocenters. The summed E-state index contributed by atoms with van der Waals surface area (Å²) < 4.78 is 0. The second-order valence-electron chi connectivity index (χ2n) is 8.72. The normalized spacial score (nSPS) is 20.7. The highest BCUT2D eigenvalue weighted by atomic mass is 15.2. The number of piperidine rings is 1. The molecule has 0 amide bonds. The number of nitrogens with one attached hydrogen (secondary N) is 1. The lowest BCUT2D eigenvalue weighted by molar-refractivity contribution is 0.0959. The Morgan fingerprint density at radius 2 is 1.71 bits per heavy atom. The number of aromatic amines is 1. The Labute approximate surface area is 170 Å². The zero-order chi connectivity index (χ0) is 19.7. The van der Waals surface area contributed by atoms with Crippen LogP contribution in [0.4, 0.5) is 0 Å². The molecule has 1 N–H and O–H groups in total. The summed E-state index contributed by atoms with van der Waals surface area (Å²) in [5.41, 5.74) is 8.12. The first-order chi connectivity index (χ1) is 13.6. The van der Waals surface area contributed by atoms with Crippen molar-refractivity contribution in [2.45, 2.75) is 78.4 Å². The molecule has 1 saturated heterocycles. The van der Waals surface area contributed by atoms with E-state index in [0.717, 1.165) is 13.0 Å². The Kier molecular flexibility index (Phi) is 5.59. The molecule has 1 aliphatic rings. The lowest BCUT2D eigenvalue weighted by Gasteiger charge is -2.39. The molecule has 4 rings (SSSR count). The Hall–Kier alpha value is -2.06. The molecule has 0 saturated carbocycles. The van der Waals surface area contributed by atoms with Crippen LogP contribution < -0.4 is 0 Å². The van der Waals surface area contributed by atoms with E-state index in [9.17, 15) is 0 Å². The number of rotatable bonds is 5. The third-order valence-corrected chi connectivity index (χ3v) is 6.65. The summed E-state index contributed by atoms with van der Waals surface area (Å²) in [7, 11) is 0. The molecular weight excluding hydrogens is 340 g/mol. The van der Waals surface area contributed by atoms with Gasteiger partial charge in [0.05, 0.1) is 5.69 Å². The van der Waals surface area contributed by atoms with Gasteiger partial charge in [-0.1, -0.05) is 62.2 Å². The van der Waals surface area contributed by atoms with Gasteiger partial charge in [0.25, 0.3) is 0 Å². The lowest BCUT2D eigenvalue weighted by Crippen LogP contribution is -2.43. The van der Waals surface area contributed by atoms with E-state index in [1.807, 2.05) is 0 Å². The topological polar surface area (TPSA) is 19.0 Å². The molecule has 28 heavy (non-hydrogen) atoms. The SMILES string of the molecule is CCCc1ccc(-c2[nH]c3c(C)cccc3c2CN2[C@H](C)CCC[C@H]2C)cc1. The minimum absolute atomic E-state index is 0.651. The first kappa shape index (κ1) is 19.3. The third kappa shape index (κ3) is 3.63. The Balaban J connectivity index is 1.79. The summed E-state index contributed by atoms with van der Waals surface area (Å²) in [4.78, 5) is 6.50. The number of hydrogen-bond acceptors (Lipinski definition) is 1. The van der Waals surface area contributed by atoms with Gasteiger partial charge < -0.3 is 4.98 Å². The van der Waals surface area contributed by atoms with Crippen LogP contribution in [0.2, 0.25) is 0 Å². The number of nitrogens with zero attached hydrogens (tertiary/aromatic N) is 1. The maximum Gasteiger partial charge on any atom is 0.0510 e. The number of likely N-dealkylation sites (tertiary alicyclic amines) is 1. The van der Waals surface area contributed by atoms with Gasteiger partial charge in [-0.25, -0.2) is 0 Å². The number of para-hydroxylation sites is 1. The van der Waals surface area contributed by atoms with Crippen molar-refractivity contribution >= 4 is 10.9 Å². The van der Waals surface area contributed by atoms with Crippen molar-refractivity contribution in [3.05, 3.63) is 59.2 Å². The fourth-order valence-corrected chi connectivity index (χ4v) is 4.93. The standard InChI is InChI=1S/C26H34N2/c1-5-8-21-13-15-22(16-14-21)26-24(17-28-19(3)10-7-11-20(28)4)23-12-6-9-18(2)25(23)27-26/h6,9,12-16,19-20,27H,5,7-8,10-11,17H2,1-4H3/t19-,20-/m1/s1. The quantitative estimate of drug-likeness (QED) is 0.517. The number of aromatic nitrogens is 1. The van der Waals surface area contributed by atoms with Crippen LogP contribution in [0.25, 0.3) is 22.2 Å². The highest BCUT2D eigenvalue weighted by Gasteiger charge is 2.27. The first-order valence-electron chi connectivity index (χ1n) is 11.0. The van der Waals surface area contributed by atoms with E-state index in [4.69, 9.17) is 0 Å². The van der Waals surface area contributed by atoms with E-state index in [2.05, 4.69) is 80.0 Å². The molecule has 2 heteroatoms. The monoisotopic (exact) mass is 374 g/mol. The van der Waals surface area contributed by atoms with Crippen LogP contribution in [0.3, 0.4) is 0 Å². The summed E-state index contributed by atoms with van der Waals surface area (Å²) in [5.74, 6) is 0. The van der Waals surface area contributed by atoms with Gasteiger partial charge in [0.15, 0.2) is 0 Å². The zero-order valence-corrected chi connectivity index (χ0v) is 17.9. The molecule has 2 heterocycles. The van der Waals surface area contributed by atoms with Gasteiger partial charge in [-0.15, -0.1) is 0 Å². The summed E-state index contributed by atoms with van der Waals surface area (Å²) in [5, 5.41) is 1.39. The van der Waals surface area contributed by atoms with Crippen molar-refractivity contribution in [1.29, 1.82) is 0 Å². The van der Waals surface area contributed by atoms with Crippen LogP contribution in [0.1, 0.15) is 63.1 Å². The molecule has 0 aliphatic carbocycles. The fourth-order valence-electron chi connectivity index (χ4n) is 4.93. The summed E-state index contributed by atoms with van der Waals surface area (Å²) in [6.07, 6.45) is 6.33. The summed E-state index contributed by atoms with van der Waals surface area (Å²) in [6, 6.07) is 17.2. The van der Waals surface area contributed by atoms with E-state index >= 15 is 0 Å². The number of fused-ring (bicyclic) bond motifs is 1. The van der Waals surface area contributed by atoms with Gasteiger partial charge in [0.1, 0.15) is 0 Å². The van der Waals surface area contributed by atoms with Crippen LogP contribution in [0, 0.1) is 6.92 Å². The minimum Gasteiger partial charge on any atom is -0.354 e. The summed E-state index contributed by atoms with van der Waals surface area (Å²) >= 11 is 0. The lowest BCUT2D eigenvalue weighted by atomic mass is 9.95. The smallest absolute Gasteiger partial charge is 0.0510 e. The molecular formula is C26H34N2. The van der Waals surface area contributed by atoms with Crippen LogP contribution in [0.5, 0.6) is 0 Å². The predicted molar refractivity (Wildman–Crippen MR) is 121 cm³/mol. The number of hydrogen-bond donors (Lipinski definition) is 1. The van der Waals surface area contributed by atoms with Crippen molar-refractivity contribution < 1.29 is 0 Å². The van der Waals surface area contributed by atoms with Crippen LogP contribution in [-0.2, 0) is 13.0 Å². The molecule has 3 aromatic rings. The molecule has 0 radical (unpaired) electrons. The van der Waals surface area contributed by atoms with Gasteiger partial charge in [0.2, 0.25) is 0 Å². The molecule has 2 aromatic carbocycles. The predicted octanol–water partition coefficient (Wildman–Crippen LogP) is 6.86. The van der Waals surface area contributed by atoms with Crippen molar-refractivity contribution in [3.63, 3.8) is 0 Å². The number of benzene rings is 2. The molecule has 148 valence electrons. The maximum atomic E-state index is 3.79. The van der Waals surface area contributed by atoms with Gasteiger partial charge in [-0.2, -0.15) is 0 Å². The van der Waals surface area contributed by atoms with E-state index < -0.39 is 0 Å². The van der Waals surface area contributed by atoms with E-state index in [-0.39, 0.29) is 0 Å². The minimum atomic E-state index is 0.651. The second-order valence-corrected chi connectivity index (χ2v) is 8.72. The van der Waals surface area contributed by atoms with Gasteiger partial charge >= 0.3 is 0 Å². The average Bonchev–Trinajstić information content (AvgIpc) is 3.06. The molecule has 0 spiro atoms. The molecule has 2 nitrogen and oxygen atoms in total. The molecule has 0 bridgehead atoms. The van der Waals surface area contributed by atoms with Gasteiger partial charge in [-0.05, 0) is 62.3 Å². The second kappa shape index (κ2) is 8.13. The van der Waals surface area contributed by atoms with E-state index in [0.29, 0.717) is 12.1 Å². The number of aryl methyl sites for hydroxylation is 2.